The standard InChI is InChI=1S/C12H11N3O/c1-9-13-12(14-16-9)8-15-7-6-10-4-2-3-5-11(10)15/h2-7H,8H2,1H3. The molecule has 80 valence electrons. The predicted molar refractivity (Wildman–Crippen MR) is 60.1 cm³/mol. The van der Waals surface area contributed by atoms with Crippen molar-refractivity contribution in [1.82, 2.24) is 14.7 Å². The Morgan fingerprint density at radius 3 is 2.94 bits per heavy atom. The molecule has 2 heterocycles. The van der Waals surface area contributed by atoms with Crippen LogP contribution in [-0.4, -0.2) is 14.7 Å². The predicted octanol–water partition coefficient (Wildman–Crippen LogP) is 2.38. The van der Waals surface area contributed by atoms with Gasteiger partial charge in [-0.25, -0.2) is 0 Å². The Labute approximate surface area is 92.5 Å². The molecule has 4 heteroatoms. The second-order valence-electron chi connectivity index (χ2n) is 3.73. The van der Waals surface area contributed by atoms with Crippen molar-refractivity contribution >= 4 is 10.9 Å². The van der Waals surface area contributed by atoms with E-state index < -0.39 is 0 Å². The molecule has 3 aromatic rings. The van der Waals surface area contributed by atoms with Crippen LogP contribution in [0.15, 0.2) is 41.1 Å². The molecular weight excluding hydrogens is 202 g/mol. The second kappa shape index (κ2) is 3.48. The SMILES string of the molecule is Cc1nc(Cn2ccc3ccccc32)no1. The van der Waals surface area contributed by atoms with E-state index in [0.29, 0.717) is 18.3 Å². The highest BCUT2D eigenvalue weighted by molar-refractivity contribution is 5.79. The molecule has 1 aromatic carbocycles. The van der Waals surface area contributed by atoms with E-state index in [-0.39, 0.29) is 0 Å². The van der Waals surface area contributed by atoms with Crippen molar-refractivity contribution in [3.63, 3.8) is 0 Å². The first-order valence-electron chi connectivity index (χ1n) is 5.16. The molecular formula is C12H11N3O. The lowest BCUT2D eigenvalue weighted by Gasteiger charge is -2.00. The highest BCUT2D eigenvalue weighted by Crippen LogP contribution is 2.15. The summed E-state index contributed by atoms with van der Waals surface area (Å²) in [6, 6.07) is 10.3. The third-order valence-electron chi connectivity index (χ3n) is 2.56. The number of aromatic nitrogens is 3. The minimum absolute atomic E-state index is 0.603. The van der Waals surface area contributed by atoms with Crippen LogP contribution in [0.2, 0.25) is 0 Å². The Morgan fingerprint density at radius 2 is 2.12 bits per heavy atom. The molecule has 0 N–H and O–H groups in total. The fourth-order valence-corrected chi connectivity index (χ4v) is 1.84. The quantitative estimate of drug-likeness (QED) is 0.656. The Hall–Kier alpha value is -2.10. The summed E-state index contributed by atoms with van der Waals surface area (Å²) in [4.78, 5) is 4.19. The van der Waals surface area contributed by atoms with Gasteiger partial charge in [-0.2, -0.15) is 4.98 Å². The van der Waals surface area contributed by atoms with E-state index in [2.05, 4.69) is 32.9 Å². The fourth-order valence-electron chi connectivity index (χ4n) is 1.84. The highest BCUT2D eigenvalue weighted by atomic mass is 16.5. The summed E-state index contributed by atoms with van der Waals surface area (Å²) in [7, 11) is 0. The van der Waals surface area contributed by atoms with Crippen molar-refractivity contribution < 1.29 is 4.52 Å². The summed E-state index contributed by atoms with van der Waals surface area (Å²) in [6.45, 7) is 2.44. The van der Waals surface area contributed by atoms with Gasteiger partial charge < -0.3 is 9.09 Å². The average molecular weight is 213 g/mol. The third kappa shape index (κ3) is 1.48. The molecule has 0 aliphatic heterocycles. The van der Waals surface area contributed by atoms with Gasteiger partial charge in [-0.1, -0.05) is 23.4 Å². The van der Waals surface area contributed by atoms with Gasteiger partial charge in [-0.05, 0) is 17.5 Å². The second-order valence-corrected chi connectivity index (χ2v) is 3.73. The lowest BCUT2D eigenvalue weighted by molar-refractivity contribution is 0.386. The number of para-hydroxylation sites is 1. The zero-order valence-corrected chi connectivity index (χ0v) is 8.92. The topological polar surface area (TPSA) is 43.9 Å². The lowest BCUT2D eigenvalue weighted by atomic mass is 10.2. The normalized spacial score (nSPS) is 11.1. The van der Waals surface area contributed by atoms with E-state index in [1.807, 2.05) is 18.3 Å². The summed E-state index contributed by atoms with van der Waals surface area (Å²) in [6.07, 6.45) is 2.04. The van der Waals surface area contributed by atoms with Crippen LogP contribution in [0.1, 0.15) is 11.7 Å². The van der Waals surface area contributed by atoms with E-state index in [1.54, 1.807) is 6.92 Å². The van der Waals surface area contributed by atoms with Crippen LogP contribution in [-0.2, 0) is 6.54 Å². The van der Waals surface area contributed by atoms with Crippen LogP contribution < -0.4 is 0 Å². The molecule has 0 unspecified atom stereocenters. The average Bonchev–Trinajstić information content (AvgIpc) is 2.87. The van der Waals surface area contributed by atoms with Crippen LogP contribution in [0.4, 0.5) is 0 Å². The molecule has 2 aromatic heterocycles. The monoisotopic (exact) mass is 213 g/mol. The first kappa shape index (κ1) is 9.15. The van der Waals surface area contributed by atoms with E-state index >= 15 is 0 Å². The first-order valence-corrected chi connectivity index (χ1v) is 5.16. The summed E-state index contributed by atoms with van der Waals surface area (Å²) in [5, 5.41) is 5.12. The smallest absolute Gasteiger partial charge is 0.223 e. The molecule has 0 spiro atoms. The molecule has 0 amide bonds. The summed E-state index contributed by atoms with van der Waals surface area (Å²) >= 11 is 0. The molecule has 0 atom stereocenters. The van der Waals surface area contributed by atoms with Gasteiger partial charge >= 0.3 is 0 Å². The van der Waals surface area contributed by atoms with E-state index in [1.165, 1.54) is 10.9 Å². The molecule has 0 aliphatic rings. The van der Waals surface area contributed by atoms with Gasteiger partial charge in [0.15, 0.2) is 5.82 Å². The summed E-state index contributed by atoms with van der Waals surface area (Å²) in [5.74, 6) is 1.31. The Kier molecular flexibility index (Phi) is 1.99. The van der Waals surface area contributed by atoms with Gasteiger partial charge in [-0.15, -0.1) is 0 Å². The Bertz CT molecular complexity index is 624. The number of hydrogen-bond donors (Lipinski definition) is 0. The van der Waals surface area contributed by atoms with E-state index in [0.717, 1.165) is 0 Å². The minimum atomic E-state index is 0.603. The molecule has 0 saturated heterocycles. The molecule has 16 heavy (non-hydrogen) atoms. The Morgan fingerprint density at radius 1 is 1.25 bits per heavy atom. The number of benzene rings is 1. The van der Waals surface area contributed by atoms with E-state index in [9.17, 15) is 0 Å². The van der Waals surface area contributed by atoms with Crippen molar-refractivity contribution in [2.24, 2.45) is 0 Å². The van der Waals surface area contributed by atoms with Gasteiger partial charge in [0.1, 0.15) is 0 Å². The fraction of sp³-hybridized carbons (Fsp3) is 0.167. The van der Waals surface area contributed by atoms with Gasteiger partial charge in [0.25, 0.3) is 0 Å². The number of rotatable bonds is 2. The van der Waals surface area contributed by atoms with Crippen LogP contribution in [0, 0.1) is 6.92 Å². The maximum absolute atomic E-state index is 4.95. The molecule has 3 rings (SSSR count). The van der Waals surface area contributed by atoms with Crippen LogP contribution in [0.25, 0.3) is 10.9 Å². The van der Waals surface area contributed by atoms with Crippen molar-refractivity contribution in [1.29, 1.82) is 0 Å². The molecule has 4 nitrogen and oxygen atoms in total. The van der Waals surface area contributed by atoms with Crippen LogP contribution in [0.3, 0.4) is 0 Å². The van der Waals surface area contributed by atoms with E-state index in [4.69, 9.17) is 4.52 Å². The lowest BCUT2D eigenvalue weighted by Crippen LogP contribution is -1.99. The number of fused-ring (bicyclic) bond motifs is 1. The third-order valence-corrected chi connectivity index (χ3v) is 2.56. The minimum Gasteiger partial charge on any atom is -0.340 e. The van der Waals surface area contributed by atoms with Crippen molar-refractivity contribution in [2.45, 2.75) is 13.5 Å². The van der Waals surface area contributed by atoms with Crippen molar-refractivity contribution in [3.8, 4) is 0 Å². The largest absolute Gasteiger partial charge is 0.340 e. The van der Waals surface area contributed by atoms with Crippen LogP contribution in [0.5, 0.6) is 0 Å². The van der Waals surface area contributed by atoms with Crippen molar-refractivity contribution in [3.05, 3.63) is 48.2 Å². The van der Waals surface area contributed by atoms with Crippen molar-refractivity contribution in [2.75, 3.05) is 0 Å². The molecule has 0 bridgehead atoms. The maximum atomic E-state index is 4.95. The summed E-state index contributed by atoms with van der Waals surface area (Å²) < 4.78 is 7.06. The maximum Gasteiger partial charge on any atom is 0.223 e. The van der Waals surface area contributed by atoms with Crippen LogP contribution >= 0.6 is 0 Å². The molecule has 0 radical (unpaired) electrons. The summed E-state index contributed by atoms with van der Waals surface area (Å²) in [5.41, 5.74) is 1.19. The Balaban J connectivity index is 2.00. The first-order chi connectivity index (χ1) is 7.83. The molecule has 0 saturated carbocycles. The van der Waals surface area contributed by atoms with Gasteiger partial charge in [0, 0.05) is 18.6 Å². The highest BCUT2D eigenvalue weighted by Gasteiger charge is 2.05. The zero-order valence-electron chi connectivity index (χ0n) is 8.92. The number of hydrogen-bond acceptors (Lipinski definition) is 3. The van der Waals surface area contributed by atoms with Gasteiger partial charge in [0.2, 0.25) is 5.89 Å². The number of aryl methyl sites for hydroxylation is 1. The van der Waals surface area contributed by atoms with Gasteiger partial charge in [-0.3, -0.25) is 0 Å². The molecule has 0 fully saturated rings. The molecule has 0 aliphatic carbocycles. The van der Waals surface area contributed by atoms with Gasteiger partial charge in [0.05, 0.1) is 6.54 Å². The zero-order chi connectivity index (χ0) is 11.0. The number of nitrogens with zero attached hydrogens (tertiary/aromatic N) is 3.